The maximum atomic E-state index is 12.1. The zero-order chi connectivity index (χ0) is 15.4. The highest BCUT2D eigenvalue weighted by Gasteiger charge is 2.09. The molecule has 4 heteroatoms. The zero-order valence-corrected chi connectivity index (χ0v) is 11.7. The molecule has 0 N–H and O–H groups in total. The molecule has 22 heavy (non-hydrogen) atoms. The number of fused-ring (bicyclic) bond motifs is 1. The fourth-order valence-electron chi connectivity index (χ4n) is 2.23. The third kappa shape index (κ3) is 2.79. The van der Waals surface area contributed by atoms with Crippen molar-refractivity contribution in [3.05, 3.63) is 77.5 Å². The molecular weight excluding hydrogens is 276 g/mol. The molecule has 106 valence electrons. The first kappa shape index (κ1) is 13.8. The van der Waals surface area contributed by atoms with Crippen molar-refractivity contribution < 1.29 is 9.53 Å². The second-order valence-electron chi connectivity index (χ2n) is 4.76. The highest BCUT2D eigenvalue weighted by Crippen LogP contribution is 2.17. The van der Waals surface area contributed by atoms with Crippen LogP contribution < -0.4 is 0 Å². The average molecular weight is 288 g/mol. The summed E-state index contributed by atoms with van der Waals surface area (Å²) >= 11 is 0. The lowest BCUT2D eigenvalue weighted by Gasteiger charge is -2.07. The Bertz CT molecular complexity index is 876. The van der Waals surface area contributed by atoms with Gasteiger partial charge in [-0.15, -0.1) is 0 Å². The number of para-hydroxylation sites is 1. The number of carbonyl (C=O) groups is 1. The molecule has 0 saturated carbocycles. The summed E-state index contributed by atoms with van der Waals surface area (Å²) in [5.41, 5.74) is 2.47. The monoisotopic (exact) mass is 288 g/mol. The van der Waals surface area contributed by atoms with Crippen molar-refractivity contribution in [2.45, 2.75) is 6.61 Å². The van der Waals surface area contributed by atoms with Crippen molar-refractivity contribution in [1.29, 1.82) is 5.26 Å². The van der Waals surface area contributed by atoms with E-state index >= 15 is 0 Å². The van der Waals surface area contributed by atoms with Crippen LogP contribution in [0.15, 0.2) is 60.8 Å². The van der Waals surface area contributed by atoms with Crippen LogP contribution in [0.3, 0.4) is 0 Å². The minimum Gasteiger partial charge on any atom is -0.457 e. The zero-order valence-electron chi connectivity index (χ0n) is 11.7. The number of benzene rings is 2. The van der Waals surface area contributed by atoms with Gasteiger partial charge in [0.25, 0.3) is 0 Å². The molecular formula is C18H12N2O2. The Labute approximate surface area is 127 Å². The third-order valence-corrected chi connectivity index (χ3v) is 3.30. The van der Waals surface area contributed by atoms with E-state index in [0.717, 1.165) is 16.5 Å². The second-order valence-corrected chi connectivity index (χ2v) is 4.76. The van der Waals surface area contributed by atoms with Crippen molar-refractivity contribution in [2.75, 3.05) is 0 Å². The van der Waals surface area contributed by atoms with E-state index in [1.54, 1.807) is 24.4 Å². The van der Waals surface area contributed by atoms with E-state index < -0.39 is 5.97 Å². The first-order valence-electron chi connectivity index (χ1n) is 6.78. The van der Waals surface area contributed by atoms with Gasteiger partial charge < -0.3 is 4.74 Å². The van der Waals surface area contributed by atoms with Gasteiger partial charge >= 0.3 is 5.97 Å². The smallest absolute Gasteiger partial charge is 0.338 e. The number of ether oxygens (including phenoxy) is 1. The quantitative estimate of drug-likeness (QED) is 0.692. The fourth-order valence-corrected chi connectivity index (χ4v) is 2.23. The Morgan fingerprint density at radius 2 is 1.95 bits per heavy atom. The molecule has 0 unspecified atom stereocenters. The summed E-state index contributed by atoms with van der Waals surface area (Å²) in [5, 5.41) is 9.86. The molecule has 1 heterocycles. The topological polar surface area (TPSA) is 63.0 Å². The lowest BCUT2D eigenvalue weighted by atomic mass is 10.1. The summed E-state index contributed by atoms with van der Waals surface area (Å²) in [4.78, 5) is 16.4. The van der Waals surface area contributed by atoms with Gasteiger partial charge in [0, 0.05) is 17.1 Å². The van der Waals surface area contributed by atoms with Crippen LogP contribution in [0.5, 0.6) is 0 Å². The molecule has 0 aliphatic rings. The van der Waals surface area contributed by atoms with Crippen molar-refractivity contribution in [3.63, 3.8) is 0 Å². The maximum absolute atomic E-state index is 12.1. The van der Waals surface area contributed by atoms with Gasteiger partial charge in [0.05, 0.1) is 22.7 Å². The number of esters is 1. The van der Waals surface area contributed by atoms with Gasteiger partial charge in [0.1, 0.15) is 6.61 Å². The van der Waals surface area contributed by atoms with E-state index in [9.17, 15) is 4.79 Å². The number of rotatable bonds is 3. The Balaban J connectivity index is 1.79. The highest BCUT2D eigenvalue weighted by atomic mass is 16.5. The minimum atomic E-state index is -0.454. The van der Waals surface area contributed by atoms with Crippen LogP contribution in [0.1, 0.15) is 21.5 Å². The third-order valence-electron chi connectivity index (χ3n) is 3.30. The lowest BCUT2D eigenvalue weighted by molar-refractivity contribution is 0.0474. The van der Waals surface area contributed by atoms with Crippen LogP contribution in [-0.2, 0) is 11.3 Å². The van der Waals surface area contributed by atoms with Crippen LogP contribution in [0, 0.1) is 11.3 Å². The van der Waals surface area contributed by atoms with Gasteiger partial charge in [0.15, 0.2) is 0 Å². The second kappa shape index (κ2) is 6.06. The average Bonchev–Trinajstić information content (AvgIpc) is 2.59. The van der Waals surface area contributed by atoms with Gasteiger partial charge in [-0.2, -0.15) is 5.26 Å². The normalized spacial score (nSPS) is 10.1. The molecule has 2 aromatic carbocycles. The van der Waals surface area contributed by atoms with E-state index in [2.05, 4.69) is 4.98 Å². The van der Waals surface area contributed by atoms with Crippen molar-refractivity contribution in [1.82, 2.24) is 4.98 Å². The molecule has 0 bridgehead atoms. The Morgan fingerprint density at radius 3 is 2.82 bits per heavy atom. The predicted octanol–water partition coefficient (Wildman–Crippen LogP) is 3.46. The molecule has 3 rings (SSSR count). The van der Waals surface area contributed by atoms with E-state index in [0.29, 0.717) is 11.1 Å². The Hall–Kier alpha value is -3.19. The number of hydrogen-bond acceptors (Lipinski definition) is 4. The summed E-state index contributed by atoms with van der Waals surface area (Å²) in [5.74, 6) is -0.454. The molecule has 0 radical (unpaired) electrons. The maximum Gasteiger partial charge on any atom is 0.338 e. The minimum absolute atomic E-state index is 0.143. The number of hydrogen-bond donors (Lipinski definition) is 0. The number of carbonyl (C=O) groups excluding carboxylic acids is 1. The molecule has 0 atom stereocenters. The molecule has 3 aromatic rings. The van der Waals surface area contributed by atoms with E-state index in [-0.39, 0.29) is 6.61 Å². The molecule has 0 aliphatic carbocycles. The summed E-state index contributed by atoms with van der Waals surface area (Å²) in [6.45, 7) is 0.143. The Morgan fingerprint density at radius 1 is 1.14 bits per heavy atom. The first-order chi connectivity index (χ1) is 10.8. The summed E-state index contributed by atoms with van der Waals surface area (Å²) in [7, 11) is 0. The van der Waals surface area contributed by atoms with Crippen molar-refractivity contribution in [3.8, 4) is 6.07 Å². The van der Waals surface area contributed by atoms with Gasteiger partial charge in [-0.3, -0.25) is 4.98 Å². The van der Waals surface area contributed by atoms with Crippen molar-refractivity contribution in [2.24, 2.45) is 0 Å². The standard InChI is InChI=1S/C18H12N2O2/c19-11-13-4-1-6-15(10-13)18(21)22-12-16-7-2-5-14-8-3-9-20-17(14)16/h1-10H,12H2. The van der Waals surface area contributed by atoms with Crippen LogP contribution in [0.25, 0.3) is 10.9 Å². The summed E-state index contributed by atoms with van der Waals surface area (Å²) in [6.07, 6.45) is 1.71. The first-order valence-corrected chi connectivity index (χ1v) is 6.78. The van der Waals surface area contributed by atoms with E-state index in [4.69, 9.17) is 10.00 Å². The molecule has 0 saturated heterocycles. The fraction of sp³-hybridized carbons (Fsp3) is 0.0556. The SMILES string of the molecule is N#Cc1cccc(C(=O)OCc2cccc3cccnc23)c1. The van der Waals surface area contributed by atoms with Gasteiger partial charge in [-0.05, 0) is 24.3 Å². The molecule has 0 amide bonds. The highest BCUT2D eigenvalue weighted by molar-refractivity contribution is 5.90. The van der Waals surface area contributed by atoms with E-state index in [1.165, 1.54) is 6.07 Å². The van der Waals surface area contributed by atoms with Crippen LogP contribution in [-0.4, -0.2) is 11.0 Å². The number of pyridine rings is 1. The van der Waals surface area contributed by atoms with Gasteiger partial charge in [-0.1, -0.05) is 30.3 Å². The number of nitrogens with zero attached hydrogens (tertiary/aromatic N) is 2. The molecule has 0 fully saturated rings. The molecule has 0 spiro atoms. The summed E-state index contributed by atoms with van der Waals surface area (Å²) < 4.78 is 5.33. The number of nitriles is 1. The molecule has 1 aromatic heterocycles. The van der Waals surface area contributed by atoms with Gasteiger partial charge in [-0.25, -0.2) is 4.79 Å². The largest absolute Gasteiger partial charge is 0.457 e. The van der Waals surface area contributed by atoms with E-state index in [1.807, 2.05) is 36.4 Å². The summed E-state index contributed by atoms with van der Waals surface area (Å²) in [6, 6.07) is 18.0. The van der Waals surface area contributed by atoms with Crippen molar-refractivity contribution >= 4 is 16.9 Å². The van der Waals surface area contributed by atoms with Crippen LogP contribution in [0.2, 0.25) is 0 Å². The van der Waals surface area contributed by atoms with Gasteiger partial charge in [0.2, 0.25) is 0 Å². The molecule has 4 nitrogen and oxygen atoms in total. The Kier molecular flexibility index (Phi) is 3.80. The lowest BCUT2D eigenvalue weighted by Crippen LogP contribution is -2.06. The van der Waals surface area contributed by atoms with Crippen LogP contribution in [0.4, 0.5) is 0 Å². The van der Waals surface area contributed by atoms with Crippen LogP contribution >= 0.6 is 0 Å². The molecule has 0 aliphatic heterocycles. The number of aromatic nitrogens is 1. The predicted molar refractivity (Wildman–Crippen MR) is 82.0 cm³/mol.